The molecule has 13 heteroatoms. The van der Waals surface area contributed by atoms with E-state index in [-0.39, 0.29) is 48.7 Å². The largest absolute Gasteiger partial charge is 0.464 e. The Morgan fingerprint density at radius 2 is 2.00 bits per heavy atom. The van der Waals surface area contributed by atoms with E-state index in [1.54, 1.807) is 7.11 Å². The van der Waals surface area contributed by atoms with Crippen molar-refractivity contribution >= 4 is 40.0 Å². The van der Waals surface area contributed by atoms with Gasteiger partial charge >= 0.3 is 5.97 Å². The maximum Gasteiger partial charge on any atom is 0.324 e. The average Bonchev–Trinajstić information content (AvgIpc) is 3.45. The SMILES string of the molecule is CNCCCn1c(-c2cccnc2[C@H](C)OC)c2c3cc(ccc31)-c1csc(n1)C[C@H](NC(=O)C1[C@@H](C)[C@H]1C)C(=O)N1CCC[C@H](N1)C(=O)OCC(C)(C)C2. The predicted molar refractivity (Wildman–Crippen MR) is 214 cm³/mol. The predicted octanol–water partition coefficient (Wildman–Crippen LogP) is 5.69. The Kier molecular flexibility index (Phi) is 11.5. The first-order valence-corrected chi connectivity index (χ1v) is 20.6. The number of pyridine rings is 1. The Morgan fingerprint density at radius 3 is 2.75 bits per heavy atom. The average molecular weight is 770 g/mol. The molecule has 4 aromatic rings. The monoisotopic (exact) mass is 769 g/mol. The second-order valence-corrected chi connectivity index (χ2v) is 17.3. The summed E-state index contributed by atoms with van der Waals surface area (Å²) in [6.07, 6.45) is 4.54. The lowest BCUT2D eigenvalue weighted by Gasteiger charge is -2.35. The molecule has 3 aliphatic rings. The van der Waals surface area contributed by atoms with Crippen LogP contribution in [0.15, 0.2) is 41.9 Å². The second-order valence-electron chi connectivity index (χ2n) is 16.4. The van der Waals surface area contributed by atoms with Gasteiger partial charge in [-0.15, -0.1) is 11.3 Å². The fourth-order valence-electron chi connectivity index (χ4n) is 8.29. The van der Waals surface area contributed by atoms with E-state index in [9.17, 15) is 14.4 Å². The number of nitrogens with zero attached hydrogens (tertiary/aromatic N) is 4. The number of hydrogen-bond donors (Lipinski definition) is 3. The van der Waals surface area contributed by atoms with Gasteiger partial charge in [0.1, 0.15) is 12.1 Å². The molecule has 2 aliphatic heterocycles. The number of amides is 2. The Hall–Kier alpha value is -4.17. The van der Waals surface area contributed by atoms with E-state index >= 15 is 0 Å². The van der Waals surface area contributed by atoms with Crippen LogP contribution in [0.5, 0.6) is 0 Å². The number of fused-ring (bicyclic) bond motifs is 6. The first-order chi connectivity index (χ1) is 26.4. The smallest absolute Gasteiger partial charge is 0.324 e. The van der Waals surface area contributed by atoms with Crippen LogP contribution in [0.3, 0.4) is 0 Å². The number of carbonyl (C=O) groups excluding carboxylic acids is 3. The van der Waals surface area contributed by atoms with Crippen LogP contribution in [0.2, 0.25) is 0 Å². The minimum Gasteiger partial charge on any atom is -0.464 e. The van der Waals surface area contributed by atoms with Crippen LogP contribution in [-0.4, -0.2) is 83.3 Å². The molecule has 7 rings (SSSR count). The third kappa shape index (κ3) is 8.07. The van der Waals surface area contributed by atoms with Crippen molar-refractivity contribution in [1.82, 2.24) is 35.6 Å². The topological polar surface area (TPSA) is 140 Å². The molecule has 1 aromatic carbocycles. The van der Waals surface area contributed by atoms with Crippen LogP contribution in [0.25, 0.3) is 33.4 Å². The van der Waals surface area contributed by atoms with Crippen molar-refractivity contribution in [3.8, 4) is 22.5 Å². The van der Waals surface area contributed by atoms with Crippen LogP contribution in [0, 0.1) is 23.2 Å². The number of hydrogen-bond acceptors (Lipinski definition) is 10. The van der Waals surface area contributed by atoms with Crippen molar-refractivity contribution in [2.24, 2.45) is 23.2 Å². The van der Waals surface area contributed by atoms with Crippen LogP contribution in [0.1, 0.15) is 76.3 Å². The molecular formula is C42H55N7O5S. The van der Waals surface area contributed by atoms with Gasteiger partial charge < -0.3 is 24.7 Å². The van der Waals surface area contributed by atoms with Crippen molar-refractivity contribution in [2.75, 3.05) is 33.9 Å². The van der Waals surface area contributed by atoms with Gasteiger partial charge in [-0.1, -0.05) is 33.8 Å². The number of rotatable bonds is 9. The summed E-state index contributed by atoms with van der Waals surface area (Å²) in [6, 6.07) is 9.12. The van der Waals surface area contributed by atoms with Gasteiger partial charge in [0.05, 0.1) is 34.8 Å². The van der Waals surface area contributed by atoms with Gasteiger partial charge in [-0.3, -0.25) is 24.4 Å². The molecule has 1 unspecified atom stereocenters. The standard InChI is InChI=1S/C42H55N7O5S/c1-24-25(2)36(24)39(50)46-32-20-35-45-33(22-55-35)27-13-14-34-29(19-27)30(21-42(4,5)23-54-41(52)31-12-9-18-49(47-31)40(32)51)38(48(34)17-10-15-43-6)28-11-8-16-44-37(28)26(3)53-7/h8,11,13-14,16,19,22,24-26,31-32,36,43,47H,9-10,12,15,17-18,20-21,23H2,1-7H3,(H,46,50)/t24-,25+,26-,31-,32-,36?/m0/s1. The molecule has 2 amide bonds. The van der Waals surface area contributed by atoms with Crippen molar-refractivity contribution in [3.05, 3.63) is 58.2 Å². The molecule has 294 valence electrons. The van der Waals surface area contributed by atoms with Crippen molar-refractivity contribution < 1.29 is 23.9 Å². The van der Waals surface area contributed by atoms with E-state index in [4.69, 9.17) is 19.4 Å². The number of aromatic nitrogens is 3. The third-order valence-corrected chi connectivity index (χ3v) is 12.6. The zero-order valence-electron chi connectivity index (χ0n) is 33.1. The van der Waals surface area contributed by atoms with Gasteiger partial charge in [0, 0.05) is 71.6 Å². The fraction of sp³-hybridized carbons (Fsp3) is 0.548. The number of methoxy groups -OCH3 is 1. The van der Waals surface area contributed by atoms with Crippen molar-refractivity contribution in [1.29, 1.82) is 0 Å². The Bertz CT molecular complexity index is 2050. The van der Waals surface area contributed by atoms with Gasteiger partial charge in [0.25, 0.3) is 5.91 Å². The molecule has 0 radical (unpaired) electrons. The Balaban J connectivity index is 1.36. The Morgan fingerprint density at radius 1 is 1.20 bits per heavy atom. The zero-order chi connectivity index (χ0) is 39.0. The number of benzene rings is 1. The molecular weight excluding hydrogens is 715 g/mol. The fourth-order valence-corrected chi connectivity index (χ4v) is 9.14. The van der Waals surface area contributed by atoms with Gasteiger partial charge in [-0.25, -0.2) is 10.4 Å². The number of cyclic esters (lactones) is 1. The van der Waals surface area contributed by atoms with Crippen LogP contribution in [0.4, 0.5) is 0 Å². The number of hydrazine groups is 1. The summed E-state index contributed by atoms with van der Waals surface area (Å²) in [5, 5.41) is 11.8. The molecule has 2 fully saturated rings. The summed E-state index contributed by atoms with van der Waals surface area (Å²) in [4.78, 5) is 51.2. The van der Waals surface area contributed by atoms with E-state index < -0.39 is 23.5 Å². The minimum absolute atomic E-state index is 0.114. The van der Waals surface area contributed by atoms with E-state index in [0.717, 1.165) is 69.2 Å². The van der Waals surface area contributed by atoms with Gasteiger partial charge in [-0.2, -0.15) is 0 Å². The number of thiazole rings is 1. The molecule has 1 saturated carbocycles. The second kappa shape index (κ2) is 16.1. The summed E-state index contributed by atoms with van der Waals surface area (Å²) in [7, 11) is 3.68. The summed E-state index contributed by atoms with van der Waals surface area (Å²) < 4.78 is 14.3. The highest BCUT2D eigenvalue weighted by molar-refractivity contribution is 7.10. The highest BCUT2D eigenvalue weighted by atomic mass is 32.1. The summed E-state index contributed by atoms with van der Waals surface area (Å²) in [6.45, 7) is 12.7. The number of esters is 1. The van der Waals surface area contributed by atoms with Gasteiger partial charge in [0.15, 0.2) is 0 Å². The van der Waals surface area contributed by atoms with Gasteiger partial charge in [0.2, 0.25) is 5.91 Å². The molecule has 5 heterocycles. The first-order valence-electron chi connectivity index (χ1n) is 19.7. The number of nitrogens with one attached hydrogen (secondary N) is 3. The summed E-state index contributed by atoms with van der Waals surface area (Å²) >= 11 is 1.49. The Labute approximate surface area is 327 Å². The van der Waals surface area contributed by atoms with E-state index in [1.165, 1.54) is 16.3 Å². The molecule has 6 atom stereocenters. The number of carbonyl (C=O) groups is 3. The van der Waals surface area contributed by atoms with Crippen molar-refractivity contribution in [3.63, 3.8) is 0 Å². The molecule has 0 spiro atoms. The molecule has 1 saturated heterocycles. The first kappa shape index (κ1) is 39.1. The van der Waals surface area contributed by atoms with Crippen LogP contribution >= 0.6 is 11.3 Å². The van der Waals surface area contributed by atoms with E-state index in [1.807, 2.05) is 31.6 Å². The van der Waals surface area contributed by atoms with Crippen molar-refractivity contribution in [2.45, 2.75) is 91.5 Å². The summed E-state index contributed by atoms with van der Waals surface area (Å²) in [5.41, 5.74) is 9.70. The molecule has 1 aliphatic carbocycles. The molecule has 3 N–H and O–H groups in total. The maximum absolute atomic E-state index is 14.1. The number of aryl methyl sites for hydroxylation is 1. The molecule has 3 aromatic heterocycles. The highest BCUT2D eigenvalue weighted by Gasteiger charge is 2.49. The summed E-state index contributed by atoms with van der Waals surface area (Å²) in [5.74, 6) is -0.367. The van der Waals surface area contributed by atoms with Gasteiger partial charge in [-0.05, 0) is 87.9 Å². The third-order valence-electron chi connectivity index (χ3n) is 11.8. The maximum atomic E-state index is 14.1. The molecule has 6 bridgehead atoms. The zero-order valence-corrected chi connectivity index (χ0v) is 33.9. The lowest BCUT2D eigenvalue weighted by molar-refractivity contribution is -0.155. The quantitative estimate of drug-likeness (QED) is 0.145. The number of ether oxygens (including phenoxy) is 2. The van der Waals surface area contributed by atoms with E-state index in [0.29, 0.717) is 25.8 Å². The lowest BCUT2D eigenvalue weighted by atomic mass is 9.84. The normalized spacial score (nSPS) is 24.6. The lowest BCUT2D eigenvalue weighted by Crippen LogP contribution is -2.60. The van der Waals surface area contributed by atoms with E-state index in [2.05, 4.69) is 72.6 Å². The molecule has 12 nitrogen and oxygen atoms in total. The van der Waals surface area contributed by atoms with Crippen LogP contribution < -0.4 is 16.1 Å². The molecule has 55 heavy (non-hydrogen) atoms. The van der Waals surface area contributed by atoms with Crippen LogP contribution in [-0.2, 0) is 43.2 Å². The highest BCUT2D eigenvalue weighted by Crippen LogP contribution is 2.46. The minimum atomic E-state index is -0.835.